The van der Waals surface area contributed by atoms with E-state index < -0.39 is 0 Å². The van der Waals surface area contributed by atoms with E-state index in [0.29, 0.717) is 13.2 Å². The van der Waals surface area contributed by atoms with Crippen molar-refractivity contribution in [3.8, 4) is 0 Å². The number of hydrogen-bond donors (Lipinski definition) is 1. The molecule has 1 aliphatic heterocycles. The lowest BCUT2D eigenvalue weighted by atomic mass is 9.98. The Hall–Kier alpha value is -1.26. The maximum atomic E-state index is 11.6. The number of esters is 1. The van der Waals surface area contributed by atoms with Gasteiger partial charge < -0.3 is 15.0 Å². The maximum Gasteiger partial charge on any atom is 0.310 e. The lowest BCUT2D eigenvalue weighted by Crippen LogP contribution is -2.47. The van der Waals surface area contributed by atoms with Crippen LogP contribution in [-0.2, 0) is 9.53 Å². The van der Waals surface area contributed by atoms with Crippen LogP contribution in [0.1, 0.15) is 19.8 Å². The summed E-state index contributed by atoms with van der Waals surface area (Å²) >= 11 is 0. The topological polar surface area (TPSA) is 53.9 Å². The number of ether oxygens (including phenoxy) is 1. The summed E-state index contributed by atoms with van der Waals surface area (Å²) in [4.78, 5) is 17.9. The molecule has 0 radical (unpaired) electrons. The van der Waals surface area contributed by atoms with Crippen molar-refractivity contribution >= 4 is 11.9 Å². The van der Waals surface area contributed by atoms with Crippen molar-refractivity contribution in [3.63, 3.8) is 0 Å². The molecule has 0 bridgehead atoms. The highest BCUT2D eigenvalue weighted by Gasteiger charge is 2.27. The molecule has 0 aromatic rings. The second-order valence-corrected chi connectivity index (χ2v) is 3.83. The van der Waals surface area contributed by atoms with Gasteiger partial charge in [0.15, 0.2) is 5.96 Å². The molecule has 0 aromatic carbocycles. The highest BCUT2D eigenvalue weighted by atomic mass is 16.5. The number of rotatable bonds is 2. The molecular weight excluding hydrogens is 206 g/mol. The fourth-order valence-corrected chi connectivity index (χ4v) is 2.03. The largest absolute Gasteiger partial charge is 0.466 e. The van der Waals surface area contributed by atoms with Crippen LogP contribution in [-0.4, -0.2) is 50.6 Å². The van der Waals surface area contributed by atoms with E-state index in [1.165, 1.54) is 0 Å². The summed E-state index contributed by atoms with van der Waals surface area (Å²) in [6.45, 7) is 3.94. The molecule has 16 heavy (non-hydrogen) atoms. The van der Waals surface area contributed by atoms with E-state index in [1.54, 1.807) is 7.05 Å². The van der Waals surface area contributed by atoms with Gasteiger partial charge in [-0.1, -0.05) is 0 Å². The highest BCUT2D eigenvalue weighted by Crippen LogP contribution is 2.17. The van der Waals surface area contributed by atoms with Gasteiger partial charge in [0.05, 0.1) is 12.5 Å². The molecule has 0 saturated carbocycles. The first kappa shape index (κ1) is 12.8. The average molecular weight is 227 g/mol. The van der Waals surface area contributed by atoms with Gasteiger partial charge in [-0.2, -0.15) is 0 Å². The van der Waals surface area contributed by atoms with E-state index in [4.69, 9.17) is 4.74 Å². The Kier molecular flexibility index (Phi) is 5.08. The molecule has 1 unspecified atom stereocenters. The smallest absolute Gasteiger partial charge is 0.310 e. The van der Waals surface area contributed by atoms with Crippen molar-refractivity contribution in [2.45, 2.75) is 19.8 Å². The molecule has 1 rings (SSSR count). The standard InChI is InChI=1S/C11H21N3O2/c1-4-16-10(15)9-6-5-7-14(8-9)11(12-2)13-3/h9H,4-8H2,1-3H3,(H,12,13). The number of nitrogens with one attached hydrogen (secondary N) is 1. The summed E-state index contributed by atoms with van der Waals surface area (Å²) in [7, 11) is 3.59. The molecule has 0 amide bonds. The molecule has 0 spiro atoms. The SMILES string of the molecule is CCOC(=O)C1CCCN(C(=NC)NC)C1. The van der Waals surface area contributed by atoms with E-state index in [2.05, 4.69) is 15.2 Å². The summed E-state index contributed by atoms with van der Waals surface area (Å²) < 4.78 is 5.05. The lowest BCUT2D eigenvalue weighted by molar-refractivity contribution is -0.149. The third-order valence-corrected chi connectivity index (χ3v) is 2.78. The van der Waals surface area contributed by atoms with E-state index >= 15 is 0 Å². The van der Waals surface area contributed by atoms with Gasteiger partial charge in [0, 0.05) is 27.2 Å². The van der Waals surface area contributed by atoms with Crippen LogP contribution in [0.5, 0.6) is 0 Å². The zero-order valence-corrected chi connectivity index (χ0v) is 10.3. The van der Waals surface area contributed by atoms with Gasteiger partial charge in [-0.15, -0.1) is 0 Å². The van der Waals surface area contributed by atoms with Gasteiger partial charge in [0.1, 0.15) is 0 Å². The Morgan fingerprint density at radius 3 is 2.94 bits per heavy atom. The zero-order chi connectivity index (χ0) is 12.0. The molecule has 5 heteroatoms. The lowest BCUT2D eigenvalue weighted by Gasteiger charge is -2.33. The van der Waals surface area contributed by atoms with Gasteiger partial charge in [-0.3, -0.25) is 9.79 Å². The molecule has 1 atom stereocenters. The third kappa shape index (κ3) is 3.12. The van der Waals surface area contributed by atoms with Crippen LogP contribution in [0.15, 0.2) is 4.99 Å². The molecule has 0 aromatic heterocycles. The third-order valence-electron chi connectivity index (χ3n) is 2.78. The molecule has 1 saturated heterocycles. The van der Waals surface area contributed by atoms with Crippen LogP contribution in [0.25, 0.3) is 0 Å². The number of nitrogens with zero attached hydrogens (tertiary/aromatic N) is 2. The van der Waals surface area contributed by atoms with Crippen molar-refractivity contribution in [2.75, 3.05) is 33.8 Å². The second kappa shape index (κ2) is 6.35. The fraction of sp³-hybridized carbons (Fsp3) is 0.818. The van der Waals surface area contributed by atoms with Gasteiger partial charge in [-0.05, 0) is 19.8 Å². The Morgan fingerprint density at radius 1 is 1.62 bits per heavy atom. The van der Waals surface area contributed by atoms with Crippen molar-refractivity contribution < 1.29 is 9.53 Å². The minimum atomic E-state index is -0.0845. The predicted octanol–water partition coefficient (Wildman–Crippen LogP) is 0.467. The minimum Gasteiger partial charge on any atom is -0.466 e. The van der Waals surface area contributed by atoms with Gasteiger partial charge in [0.25, 0.3) is 0 Å². The normalized spacial score (nSPS) is 21.8. The summed E-state index contributed by atoms with van der Waals surface area (Å²) in [5.74, 6) is 0.742. The zero-order valence-electron chi connectivity index (χ0n) is 10.3. The molecule has 1 heterocycles. The van der Waals surface area contributed by atoms with Crippen molar-refractivity contribution in [3.05, 3.63) is 0 Å². The Balaban J connectivity index is 2.56. The van der Waals surface area contributed by atoms with Crippen LogP contribution in [0, 0.1) is 5.92 Å². The number of hydrogen-bond acceptors (Lipinski definition) is 3. The van der Waals surface area contributed by atoms with E-state index in [1.807, 2.05) is 14.0 Å². The number of carbonyl (C=O) groups is 1. The maximum absolute atomic E-state index is 11.6. The van der Waals surface area contributed by atoms with Crippen molar-refractivity contribution in [1.29, 1.82) is 0 Å². The van der Waals surface area contributed by atoms with E-state index in [9.17, 15) is 4.79 Å². The van der Waals surface area contributed by atoms with Gasteiger partial charge in [0.2, 0.25) is 0 Å². The molecule has 5 nitrogen and oxygen atoms in total. The molecule has 1 fully saturated rings. The van der Waals surface area contributed by atoms with Crippen LogP contribution < -0.4 is 5.32 Å². The monoisotopic (exact) mass is 227 g/mol. The van der Waals surface area contributed by atoms with Crippen molar-refractivity contribution in [2.24, 2.45) is 10.9 Å². The van der Waals surface area contributed by atoms with E-state index in [-0.39, 0.29) is 11.9 Å². The average Bonchev–Trinajstić information content (AvgIpc) is 2.31. The highest BCUT2D eigenvalue weighted by molar-refractivity contribution is 5.81. The van der Waals surface area contributed by atoms with Crippen LogP contribution in [0.2, 0.25) is 0 Å². The first-order valence-electron chi connectivity index (χ1n) is 5.79. The quantitative estimate of drug-likeness (QED) is 0.423. The number of piperidine rings is 1. The summed E-state index contributed by atoms with van der Waals surface area (Å²) in [6, 6.07) is 0. The molecular formula is C11H21N3O2. The summed E-state index contributed by atoms with van der Waals surface area (Å²) in [5.41, 5.74) is 0. The van der Waals surface area contributed by atoms with Crippen LogP contribution in [0.4, 0.5) is 0 Å². The number of guanidine groups is 1. The molecule has 1 aliphatic rings. The molecule has 0 aliphatic carbocycles. The minimum absolute atomic E-state index is 0.0150. The first-order chi connectivity index (χ1) is 7.72. The number of aliphatic imine (C=N–C) groups is 1. The van der Waals surface area contributed by atoms with Crippen LogP contribution >= 0.6 is 0 Å². The first-order valence-corrected chi connectivity index (χ1v) is 5.79. The Labute approximate surface area is 96.9 Å². The molecule has 92 valence electrons. The second-order valence-electron chi connectivity index (χ2n) is 3.83. The number of likely N-dealkylation sites (tertiary alicyclic amines) is 1. The Bertz CT molecular complexity index is 266. The van der Waals surface area contributed by atoms with Gasteiger partial charge >= 0.3 is 5.97 Å². The summed E-state index contributed by atoms with van der Waals surface area (Å²) in [6.07, 6.45) is 1.92. The number of carbonyl (C=O) groups excluding carboxylic acids is 1. The predicted molar refractivity (Wildman–Crippen MR) is 63.3 cm³/mol. The fourth-order valence-electron chi connectivity index (χ4n) is 2.03. The molecule has 1 N–H and O–H groups in total. The van der Waals surface area contributed by atoms with Crippen LogP contribution in [0.3, 0.4) is 0 Å². The van der Waals surface area contributed by atoms with Gasteiger partial charge in [-0.25, -0.2) is 0 Å². The summed E-state index contributed by atoms with van der Waals surface area (Å²) in [5, 5.41) is 3.04. The van der Waals surface area contributed by atoms with E-state index in [0.717, 1.165) is 25.3 Å². The van der Waals surface area contributed by atoms with Crippen molar-refractivity contribution in [1.82, 2.24) is 10.2 Å². The Morgan fingerprint density at radius 2 is 2.38 bits per heavy atom.